The van der Waals surface area contributed by atoms with Crippen LogP contribution in [0, 0.1) is 5.92 Å². The minimum Gasteiger partial charge on any atom is -0.350 e. The van der Waals surface area contributed by atoms with Gasteiger partial charge in [0.15, 0.2) is 6.29 Å². The lowest BCUT2D eigenvalue weighted by Crippen LogP contribution is -2.42. The number of hydrogen-bond acceptors (Lipinski definition) is 5. The van der Waals surface area contributed by atoms with Crippen molar-refractivity contribution in [1.82, 2.24) is 9.21 Å². The normalized spacial score (nSPS) is 22.8. The topological polar surface area (TPSA) is 76.2 Å². The molecule has 4 rings (SSSR count). The number of likely N-dealkylation sites (tertiary alicyclic amines) is 1. The van der Waals surface area contributed by atoms with E-state index < -0.39 is 10.0 Å². The van der Waals surface area contributed by atoms with E-state index in [1.54, 1.807) is 28.6 Å². The number of benzene rings is 1. The number of nitrogens with zero attached hydrogens (tertiary/aromatic N) is 2. The van der Waals surface area contributed by atoms with E-state index in [9.17, 15) is 13.2 Å². The Hall–Kier alpha value is -1.48. The SMILES string of the molecule is O=C(Cc1ccc(S(=O)(=O)N2CCCCC2)cc1)N1CCC(C2OCCO2)CC1. The van der Waals surface area contributed by atoms with Crippen molar-refractivity contribution in [2.45, 2.75) is 49.7 Å². The molecule has 3 saturated heterocycles. The molecule has 0 bridgehead atoms. The van der Waals surface area contributed by atoms with Gasteiger partial charge in [0.2, 0.25) is 15.9 Å². The van der Waals surface area contributed by atoms with Crippen LogP contribution in [-0.2, 0) is 30.7 Å². The van der Waals surface area contributed by atoms with Gasteiger partial charge in [-0.25, -0.2) is 8.42 Å². The van der Waals surface area contributed by atoms with Gasteiger partial charge >= 0.3 is 0 Å². The van der Waals surface area contributed by atoms with Crippen LogP contribution < -0.4 is 0 Å². The number of carbonyl (C=O) groups is 1. The fourth-order valence-electron chi connectivity index (χ4n) is 4.39. The van der Waals surface area contributed by atoms with Gasteiger partial charge in [0.05, 0.1) is 24.5 Å². The number of hydrogen-bond donors (Lipinski definition) is 0. The molecular formula is C21H30N2O5S. The molecule has 3 heterocycles. The highest BCUT2D eigenvalue weighted by atomic mass is 32.2. The lowest BCUT2D eigenvalue weighted by Gasteiger charge is -2.34. The summed E-state index contributed by atoms with van der Waals surface area (Å²) in [6, 6.07) is 6.80. The van der Waals surface area contributed by atoms with Crippen LogP contribution in [0.2, 0.25) is 0 Å². The average molecular weight is 423 g/mol. The van der Waals surface area contributed by atoms with Gasteiger partial charge in [-0.1, -0.05) is 18.6 Å². The van der Waals surface area contributed by atoms with Gasteiger partial charge in [-0.05, 0) is 43.4 Å². The first-order valence-electron chi connectivity index (χ1n) is 10.6. The van der Waals surface area contributed by atoms with Crippen LogP contribution >= 0.6 is 0 Å². The highest BCUT2D eigenvalue weighted by Crippen LogP contribution is 2.26. The van der Waals surface area contributed by atoms with Gasteiger partial charge in [-0.15, -0.1) is 0 Å². The third kappa shape index (κ3) is 4.82. The summed E-state index contributed by atoms with van der Waals surface area (Å²) in [7, 11) is -3.43. The molecule has 0 spiro atoms. The van der Waals surface area contributed by atoms with Gasteiger partial charge in [0.1, 0.15) is 0 Å². The number of sulfonamides is 1. The molecule has 0 atom stereocenters. The summed E-state index contributed by atoms with van der Waals surface area (Å²) in [5.74, 6) is 0.448. The molecule has 3 aliphatic rings. The van der Waals surface area contributed by atoms with Gasteiger partial charge in [0, 0.05) is 32.1 Å². The molecule has 1 amide bonds. The first kappa shape index (κ1) is 20.8. The summed E-state index contributed by atoms with van der Waals surface area (Å²) in [6.07, 6.45) is 4.90. The van der Waals surface area contributed by atoms with Gasteiger partial charge in [0.25, 0.3) is 0 Å². The Bertz CT molecular complexity index is 791. The van der Waals surface area contributed by atoms with Crippen molar-refractivity contribution in [3.63, 3.8) is 0 Å². The first-order valence-corrected chi connectivity index (χ1v) is 12.1. The summed E-state index contributed by atoms with van der Waals surface area (Å²) < 4.78 is 38.2. The molecule has 1 aromatic rings. The highest BCUT2D eigenvalue weighted by molar-refractivity contribution is 7.89. The molecule has 29 heavy (non-hydrogen) atoms. The Balaban J connectivity index is 1.31. The van der Waals surface area contributed by atoms with Gasteiger partial charge in [-0.2, -0.15) is 4.31 Å². The summed E-state index contributed by atoms with van der Waals surface area (Å²) in [6.45, 7) is 3.94. The molecule has 0 aliphatic carbocycles. The molecule has 0 radical (unpaired) electrons. The zero-order valence-electron chi connectivity index (χ0n) is 16.8. The van der Waals surface area contributed by atoms with Crippen LogP contribution in [0.1, 0.15) is 37.7 Å². The molecule has 7 nitrogen and oxygen atoms in total. The maximum Gasteiger partial charge on any atom is 0.243 e. The van der Waals surface area contributed by atoms with E-state index in [2.05, 4.69) is 0 Å². The van der Waals surface area contributed by atoms with E-state index in [1.165, 1.54) is 0 Å². The highest BCUT2D eigenvalue weighted by Gasteiger charge is 2.32. The Labute approximate surface area is 173 Å². The third-order valence-corrected chi connectivity index (χ3v) is 8.07. The van der Waals surface area contributed by atoms with Gasteiger partial charge in [-0.3, -0.25) is 4.79 Å². The van der Waals surface area contributed by atoms with E-state index >= 15 is 0 Å². The molecule has 3 aliphatic heterocycles. The molecule has 3 fully saturated rings. The Morgan fingerprint density at radius 1 is 0.931 bits per heavy atom. The molecule has 1 aromatic carbocycles. The smallest absolute Gasteiger partial charge is 0.243 e. The zero-order chi connectivity index (χ0) is 20.3. The summed E-state index contributed by atoms with van der Waals surface area (Å²) in [5.41, 5.74) is 0.845. The minimum absolute atomic E-state index is 0.0864. The first-order chi connectivity index (χ1) is 14.0. The van der Waals surface area contributed by atoms with E-state index in [0.717, 1.165) is 37.7 Å². The summed E-state index contributed by atoms with van der Waals surface area (Å²) in [5, 5.41) is 0. The maximum atomic E-state index is 12.7. The van der Waals surface area contributed by atoms with E-state index in [1.807, 2.05) is 4.90 Å². The van der Waals surface area contributed by atoms with Crippen LogP contribution in [0.4, 0.5) is 0 Å². The lowest BCUT2D eigenvalue weighted by atomic mass is 9.95. The zero-order valence-corrected chi connectivity index (χ0v) is 17.6. The van der Waals surface area contributed by atoms with Crippen molar-refractivity contribution in [2.75, 3.05) is 39.4 Å². The van der Waals surface area contributed by atoms with Crippen molar-refractivity contribution < 1.29 is 22.7 Å². The predicted molar refractivity (Wildman–Crippen MR) is 108 cm³/mol. The average Bonchev–Trinajstić information content (AvgIpc) is 3.30. The molecule has 0 aromatic heterocycles. The summed E-state index contributed by atoms with van der Waals surface area (Å²) in [4.78, 5) is 14.9. The van der Waals surface area contributed by atoms with Crippen molar-refractivity contribution in [2.24, 2.45) is 5.92 Å². The van der Waals surface area contributed by atoms with Crippen LogP contribution in [0.3, 0.4) is 0 Å². The number of piperidine rings is 2. The van der Waals surface area contributed by atoms with Crippen molar-refractivity contribution in [1.29, 1.82) is 0 Å². The molecular weight excluding hydrogens is 392 g/mol. The van der Waals surface area contributed by atoms with E-state index in [-0.39, 0.29) is 12.2 Å². The molecule has 160 valence electrons. The second-order valence-electron chi connectivity index (χ2n) is 8.11. The van der Waals surface area contributed by atoms with Gasteiger partial charge < -0.3 is 14.4 Å². The van der Waals surface area contributed by atoms with E-state index in [4.69, 9.17) is 9.47 Å². The molecule has 0 saturated carbocycles. The third-order valence-electron chi connectivity index (χ3n) is 6.16. The van der Waals surface area contributed by atoms with Crippen molar-refractivity contribution in [3.05, 3.63) is 29.8 Å². The van der Waals surface area contributed by atoms with Crippen LogP contribution in [0.5, 0.6) is 0 Å². The second kappa shape index (κ2) is 9.12. The lowest BCUT2D eigenvalue weighted by molar-refractivity contribution is -0.136. The standard InChI is InChI=1S/C21H30N2O5S/c24-20(22-12-8-18(9-13-22)21-27-14-15-28-21)16-17-4-6-19(7-5-17)29(25,26)23-10-2-1-3-11-23/h4-7,18,21H,1-3,8-16H2. The number of amides is 1. The molecule has 0 unspecified atom stereocenters. The number of carbonyl (C=O) groups excluding carboxylic acids is 1. The minimum atomic E-state index is -3.43. The van der Waals surface area contributed by atoms with Crippen LogP contribution in [0.25, 0.3) is 0 Å². The molecule has 0 N–H and O–H groups in total. The number of ether oxygens (including phenoxy) is 2. The quantitative estimate of drug-likeness (QED) is 0.726. The number of rotatable bonds is 5. The Morgan fingerprint density at radius 3 is 2.17 bits per heavy atom. The van der Waals surface area contributed by atoms with Crippen molar-refractivity contribution in [3.8, 4) is 0 Å². The monoisotopic (exact) mass is 422 g/mol. The summed E-state index contributed by atoms with van der Waals surface area (Å²) >= 11 is 0. The largest absolute Gasteiger partial charge is 0.350 e. The van der Waals surface area contributed by atoms with Crippen molar-refractivity contribution >= 4 is 15.9 Å². The predicted octanol–water partition coefficient (Wildman–Crippen LogP) is 2.02. The Morgan fingerprint density at radius 2 is 1.55 bits per heavy atom. The fraction of sp³-hybridized carbons (Fsp3) is 0.667. The maximum absolute atomic E-state index is 12.7. The second-order valence-corrected chi connectivity index (χ2v) is 10.1. The fourth-order valence-corrected chi connectivity index (χ4v) is 5.91. The Kier molecular flexibility index (Phi) is 6.53. The van der Waals surface area contributed by atoms with Crippen LogP contribution in [0.15, 0.2) is 29.2 Å². The molecule has 8 heteroatoms. The van der Waals surface area contributed by atoms with E-state index in [0.29, 0.717) is 56.6 Å². The van der Waals surface area contributed by atoms with Crippen LogP contribution in [-0.4, -0.2) is 69.2 Å².